The predicted molar refractivity (Wildman–Crippen MR) is 106 cm³/mol. The van der Waals surface area contributed by atoms with E-state index in [4.69, 9.17) is 23.2 Å². The van der Waals surface area contributed by atoms with Crippen molar-refractivity contribution in [3.63, 3.8) is 0 Å². The molecule has 1 amide bonds. The lowest BCUT2D eigenvalue weighted by Gasteiger charge is -2.31. The molecule has 0 saturated carbocycles. The average molecular weight is 408 g/mol. The van der Waals surface area contributed by atoms with Gasteiger partial charge in [-0.05, 0) is 50.9 Å². The Kier molecular flexibility index (Phi) is 7.20. The molecule has 0 atom stereocenters. The number of rotatable bonds is 4. The van der Waals surface area contributed by atoms with Gasteiger partial charge in [0.25, 0.3) is 5.91 Å². The number of halogens is 3. The second-order valence-corrected chi connectivity index (χ2v) is 7.88. The predicted octanol–water partition coefficient (Wildman–Crippen LogP) is 5.09. The minimum absolute atomic E-state index is 0. The Morgan fingerprint density at radius 3 is 2.71 bits per heavy atom. The van der Waals surface area contributed by atoms with Gasteiger partial charge in [-0.3, -0.25) is 4.79 Å². The van der Waals surface area contributed by atoms with E-state index < -0.39 is 0 Å². The van der Waals surface area contributed by atoms with Crippen molar-refractivity contribution in [2.24, 2.45) is 5.92 Å². The molecular weight excluding hydrogens is 387 g/mol. The third kappa shape index (κ3) is 4.17. The summed E-state index contributed by atoms with van der Waals surface area (Å²) in [5.41, 5.74) is 0. The molecule has 1 aliphatic rings. The van der Waals surface area contributed by atoms with Gasteiger partial charge < -0.3 is 10.2 Å². The number of likely N-dealkylation sites (tertiary alicyclic amines) is 1. The van der Waals surface area contributed by atoms with Crippen LogP contribution in [0.3, 0.4) is 0 Å². The summed E-state index contributed by atoms with van der Waals surface area (Å²) in [5, 5.41) is 5.33. The van der Waals surface area contributed by atoms with E-state index in [1.165, 1.54) is 17.8 Å². The zero-order valence-electron chi connectivity index (χ0n) is 13.5. The van der Waals surface area contributed by atoms with Crippen molar-refractivity contribution >= 4 is 62.9 Å². The molecule has 0 spiro atoms. The first-order chi connectivity index (χ1) is 11.1. The molecule has 24 heavy (non-hydrogen) atoms. The molecular formula is C17H21Cl3N2OS. The van der Waals surface area contributed by atoms with Crippen molar-refractivity contribution in [1.29, 1.82) is 0 Å². The highest BCUT2D eigenvalue weighted by Gasteiger charge is 2.26. The molecule has 1 fully saturated rings. The molecule has 3 nitrogen and oxygen atoms in total. The van der Waals surface area contributed by atoms with E-state index in [0.717, 1.165) is 42.6 Å². The number of nitrogens with zero attached hydrogens (tertiary/aromatic N) is 1. The first-order valence-electron chi connectivity index (χ1n) is 7.91. The summed E-state index contributed by atoms with van der Waals surface area (Å²) in [6.07, 6.45) is 3.32. The molecule has 0 unspecified atom stereocenters. The van der Waals surface area contributed by atoms with Crippen LogP contribution in [-0.2, 0) is 0 Å². The number of nitrogens with one attached hydrogen (secondary N) is 1. The summed E-state index contributed by atoms with van der Waals surface area (Å²) in [6, 6.07) is 5.56. The molecule has 1 aliphatic heterocycles. The molecule has 0 aliphatic carbocycles. The maximum absolute atomic E-state index is 12.8. The summed E-state index contributed by atoms with van der Waals surface area (Å²) in [4.78, 5) is 15.4. The second kappa shape index (κ2) is 8.72. The SMILES string of the molecule is CNCCC1CCN(C(=O)c2sc3cc(Cl)ccc3c2Cl)CC1.Cl. The number of piperidine rings is 1. The lowest BCUT2D eigenvalue weighted by molar-refractivity contribution is 0.0692. The minimum Gasteiger partial charge on any atom is -0.338 e. The van der Waals surface area contributed by atoms with Crippen LogP contribution in [0.15, 0.2) is 18.2 Å². The van der Waals surface area contributed by atoms with Crippen molar-refractivity contribution in [3.8, 4) is 0 Å². The minimum atomic E-state index is 0. The van der Waals surface area contributed by atoms with Crippen LogP contribution in [0.2, 0.25) is 10.0 Å². The molecule has 2 aromatic rings. The largest absolute Gasteiger partial charge is 0.338 e. The van der Waals surface area contributed by atoms with E-state index in [-0.39, 0.29) is 18.3 Å². The number of amides is 1. The summed E-state index contributed by atoms with van der Waals surface area (Å²) < 4.78 is 0.967. The van der Waals surface area contributed by atoms with E-state index in [2.05, 4.69) is 5.32 Å². The van der Waals surface area contributed by atoms with Crippen LogP contribution in [0, 0.1) is 5.92 Å². The Labute approximate surface area is 162 Å². The van der Waals surface area contributed by atoms with Crippen LogP contribution < -0.4 is 5.32 Å². The van der Waals surface area contributed by atoms with Crippen LogP contribution in [0.4, 0.5) is 0 Å². The molecule has 7 heteroatoms. The topological polar surface area (TPSA) is 32.3 Å². The number of fused-ring (bicyclic) bond motifs is 1. The van der Waals surface area contributed by atoms with Gasteiger partial charge in [0.15, 0.2) is 0 Å². The van der Waals surface area contributed by atoms with Gasteiger partial charge >= 0.3 is 0 Å². The maximum atomic E-state index is 12.8. The molecule has 1 aromatic heterocycles. The van der Waals surface area contributed by atoms with E-state index in [1.54, 1.807) is 0 Å². The smallest absolute Gasteiger partial charge is 0.265 e. The third-order valence-corrected chi connectivity index (χ3v) is 6.37. The quantitative estimate of drug-likeness (QED) is 0.765. The third-order valence-electron chi connectivity index (χ3n) is 4.49. The van der Waals surface area contributed by atoms with Crippen molar-refractivity contribution in [1.82, 2.24) is 10.2 Å². The van der Waals surface area contributed by atoms with E-state index in [1.807, 2.05) is 30.1 Å². The Bertz CT molecular complexity index is 711. The molecule has 3 rings (SSSR count). The van der Waals surface area contributed by atoms with Crippen LogP contribution in [0.5, 0.6) is 0 Å². The summed E-state index contributed by atoms with van der Waals surface area (Å²) in [6.45, 7) is 2.68. The zero-order valence-corrected chi connectivity index (χ0v) is 16.6. The molecule has 132 valence electrons. The van der Waals surface area contributed by atoms with Crippen LogP contribution in [0.1, 0.15) is 28.9 Å². The standard InChI is InChI=1S/C17H20Cl2N2OS.ClH/c1-20-7-4-11-5-8-21(9-6-11)17(22)16-15(19)13-3-2-12(18)10-14(13)23-16;/h2-3,10-11,20H,4-9H2,1H3;1H. The highest BCUT2D eigenvalue weighted by molar-refractivity contribution is 7.21. The van der Waals surface area contributed by atoms with Crippen molar-refractivity contribution < 1.29 is 4.79 Å². The summed E-state index contributed by atoms with van der Waals surface area (Å²) >= 11 is 13.9. The number of hydrogen-bond acceptors (Lipinski definition) is 3. The van der Waals surface area contributed by atoms with E-state index in [0.29, 0.717) is 20.8 Å². The Morgan fingerprint density at radius 2 is 2.04 bits per heavy atom. The summed E-state index contributed by atoms with van der Waals surface area (Å²) in [7, 11) is 1.98. The molecule has 1 saturated heterocycles. The van der Waals surface area contributed by atoms with Gasteiger partial charge in [-0.25, -0.2) is 0 Å². The first kappa shape index (κ1) is 19.8. The zero-order chi connectivity index (χ0) is 16.4. The Morgan fingerprint density at radius 1 is 1.33 bits per heavy atom. The normalized spacial score (nSPS) is 15.5. The average Bonchev–Trinajstić information content (AvgIpc) is 2.89. The van der Waals surface area contributed by atoms with Crippen molar-refractivity contribution in [2.75, 3.05) is 26.7 Å². The summed E-state index contributed by atoms with van der Waals surface area (Å²) in [5.74, 6) is 0.766. The van der Waals surface area contributed by atoms with E-state index >= 15 is 0 Å². The molecule has 1 aromatic carbocycles. The van der Waals surface area contributed by atoms with Crippen molar-refractivity contribution in [3.05, 3.63) is 33.1 Å². The lowest BCUT2D eigenvalue weighted by atomic mass is 9.93. The highest BCUT2D eigenvalue weighted by Crippen LogP contribution is 2.37. The lowest BCUT2D eigenvalue weighted by Crippen LogP contribution is -2.38. The fourth-order valence-corrected chi connectivity index (χ4v) is 4.85. The fraction of sp³-hybridized carbons (Fsp3) is 0.471. The molecule has 0 bridgehead atoms. The number of carbonyl (C=O) groups is 1. The maximum Gasteiger partial charge on any atom is 0.265 e. The number of thiophene rings is 1. The van der Waals surface area contributed by atoms with Crippen molar-refractivity contribution in [2.45, 2.75) is 19.3 Å². The monoisotopic (exact) mass is 406 g/mol. The fourth-order valence-electron chi connectivity index (χ4n) is 3.09. The number of carbonyl (C=O) groups excluding carboxylic acids is 1. The first-order valence-corrected chi connectivity index (χ1v) is 9.49. The van der Waals surface area contributed by atoms with Gasteiger partial charge in [-0.1, -0.05) is 29.3 Å². The Balaban J connectivity index is 0.00000208. The molecule has 1 N–H and O–H groups in total. The molecule has 2 heterocycles. The van der Waals surface area contributed by atoms with Gasteiger partial charge in [-0.2, -0.15) is 0 Å². The van der Waals surface area contributed by atoms with Gasteiger partial charge in [0.2, 0.25) is 0 Å². The van der Waals surface area contributed by atoms with Crippen LogP contribution in [0.25, 0.3) is 10.1 Å². The van der Waals surface area contributed by atoms with Crippen LogP contribution >= 0.6 is 46.9 Å². The van der Waals surface area contributed by atoms with E-state index in [9.17, 15) is 4.79 Å². The highest BCUT2D eigenvalue weighted by atomic mass is 35.5. The van der Waals surface area contributed by atoms with Gasteiger partial charge in [-0.15, -0.1) is 23.7 Å². The van der Waals surface area contributed by atoms with Gasteiger partial charge in [0.1, 0.15) is 4.88 Å². The van der Waals surface area contributed by atoms with Crippen LogP contribution in [-0.4, -0.2) is 37.5 Å². The second-order valence-electron chi connectivity index (χ2n) is 6.01. The van der Waals surface area contributed by atoms with Gasteiger partial charge in [0.05, 0.1) is 5.02 Å². The molecule has 0 radical (unpaired) electrons. The number of benzene rings is 1. The number of hydrogen-bond donors (Lipinski definition) is 1. The van der Waals surface area contributed by atoms with Gasteiger partial charge in [0, 0.05) is 28.2 Å². The Hall–Kier alpha value is -0.520.